The smallest absolute Gasteiger partial charge is 0.272 e. The third-order valence-corrected chi connectivity index (χ3v) is 8.90. The van der Waals surface area contributed by atoms with Crippen molar-refractivity contribution < 1.29 is 28.6 Å². The van der Waals surface area contributed by atoms with Crippen LogP contribution in [0.4, 0.5) is 11.4 Å². The summed E-state index contributed by atoms with van der Waals surface area (Å²) in [5, 5.41) is 8.14. The standard InChI is InChI=1S/C40H37N3O6S/c1-26-14-11-12-21-32(26)42-40(46)37(27-15-7-5-8-16-27)50-31-20-13-19-30(24-31)41-39(45)33(43-38(44)28-17-9-6-10-18-28)22-29-23-35(48-3)36(49-4)25-34(29)47-2/h5-25,37H,1-4H3,(H,41,45)(H,42,46)(H,43,44)/b33-22+. The van der Waals surface area contributed by atoms with E-state index in [0.29, 0.717) is 34.1 Å². The first-order valence-corrected chi connectivity index (χ1v) is 16.5. The molecule has 0 aliphatic heterocycles. The summed E-state index contributed by atoms with van der Waals surface area (Å²) in [7, 11) is 4.51. The molecule has 5 aromatic carbocycles. The van der Waals surface area contributed by atoms with Crippen molar-refractivity contribution in [1.82, 2.24) is 5.32 Å². The average molecular weight is 688 g/mol. The quantitative estimate of drug-likeness (QED) is 0.0852. The fourth-order valence-corrected chi connectivity index (χ4v) is 6.14. The molecule has 0 aliphatic rings. The van der Waals surface area contributed by atoms with E-state index in [1.54, 1.807) is 60.7 Å². The zero-order valence-electron chi connectivity index (χ0n) is 28.1. The van der Waals surface area contributed by atoms with Crippen molar-refractivity contribution in [3.05, 3.63) is 149 Å². The average Bonchev–Trinajstić information content (AvgIpc) is 3.15. The molecule has 1 unspecified atom stereocenters. The van der Waals surface area contributed by atoms with Gasteiger partial charge in [-0.05, 0) is 66.6 Å². The zero-order chi connectivity index (χ0) is 35.5. The molecule has 3 N–H and O–H groups in total. The molecule has 0 saturated heterocycles. The number of anilines is 2. The lowest BCUT2D eigenvalue weighted by atomic mass is 10.1. The maximum absolute atomic E-state index is 13.9. The van der Waals surface area contributed by atoms with E-state index in [4.69, 9.17) is 14.2 Å². The van der Waals surface area contributed by atoms with Crippen molar-refractivity contribution in [2.24, 2.45) is 0 Å². The number of hydrogen-bond acceptors (Lipinski definition) is 7. The molecule has 0 heterocycles. The summed E-state index contributed by atoms with van der Waals surface area (Å²) in [6.07, 6.45) is 1.51. The Morgan fingerprint density at radius 1 is 0.680 bits per heavy atom. The largest absolute Gasteiger partial charge is 0.496 e. The molecular formula is C40H37N3O6S. The summed E-state index contributed by atoms with van der Waals surface area (Å²) in [6, 6.07) is 36.2. The first kappa shape index (κ1) is 35.3. The number of amides is 3. The monoisotopic (exact) mass is 687 g/mol. The van der Waals surface area contributed by atoms with E-state index in [9.17, 15) is 14.4 Å². The summed E-state index contributed by atoms with van der Waals surface area (Å²) in [5.41, 5.74) is 3.79. The van der Waals surface area contributed by atoms with Crippen molar-refractivity contribution in [1.29, 1.82) is 0 Å². The molecular weight excluding hydrogens is 651 g/mol. The lowest BCUT2D eigenvalue weighted by Gasteiger charge is -2.18. The van der Waals surface area contributed by atoms with Crippen LogP contribution in [0.1, 0.15) is 32.3 Å². The number of hydrogen-bond donors (Lipinski definition) is 3. The highest BCUT2D eigenvalue weighted by molar-refractivity contribution is 8.00. The van der Waals surface area contributed by atoms with Gasteiger partial charge in [0.15, 0.2) is 11.5 Å². The topological polar surface area (TPSA) is 115 Å². The predicted octanol–water partition coefficient (Wildman–Crippen LogP) is 7.90. The summed E-state index contributed by atoms with van der Waals surface area (Å²) in [5.74, 6) is 0.0274. The van der Waals surface area contributed by atoms with E-state index in [1.807, 2.05) is 67.6 Å². The van der Waals surface area contributed by atoms with Crippen molar-refractivity contribution in [3.8, 4) is 17.2 Å². The van der Waals surface area contributed by atoms with Crippen LogP contribution >= 0.6 is 11.8 Å². The van der Waals surface area contributed by atoms with Crippen molar-refractivity contribution in [2.75, 3.05) is 32.0 Å². The second kappa shape index (κ2) is 16.9. The highest BCUT2D eigenvalue weighted by Gasteiger charge is 2.23. The Labute approximate surface area is 295 Å². The van der Waals surface area contributed by atoms with E-state index in [0.717, 1.165) is 21.7 Å². The lowest BCUT2D eigenvalue weighted by molar-refractivity contribution is -0.116. The lowest BCUT2D eigenvalue weighted by Crippen LogP contribution is -2.30. The molecule has 10 heteroatoms. The highest BCUT2D eigenvalue weighted by Crippen LogP contribution is 2.38. The van der Waals surface area contributed by atoms with Crippen LogP contribution in [0.15, 0.2) is 132 Å². The minimum absolute atomic E-state index is 0.0396. The van der Waals surface area contributed by atoms with E-state index in [2.05, 4.69) is 16.0 Å². The number of methoxy groups -OCH3 is 3. The summed E-state index contributed by atoms with van der Waals surface area (Å²) in [4.78, 5) is 41.6. The number of benzene rings is 5. The van der Waals surface area contributed by atoms with Crippen LogP contribution in [-0.4, -0.2) is 39.1 Å². The Kier molecular flexibility index (Phi) is 11.9. The second-order valence-corrected chi connectivity index (χ2v) is 12.2. The molecule has 3 amide bonds. The second-order valence-electron chi connectivity index (χ2n) is 11.0. The minimum atomic E-state index is -0.583. The first-order valence-electron chi connectivity index (χ1n) is 15.7. The number of carbonyl (C=O) groups is 3. The van der Waals surface area contributed by atoms with Gasteiger partial charge >= 0.3 is 0 Å². The molecule has 0 bridgehead atoms. The molecule has 0 aromatic heterocycles. The fourth-order valence-electron chi connectivity index (χ4n) is 5.06. The van der Waals surface area contributed by atoms with Gasteiger partial charge in [-0.25, -0.2) is 0 Å². The van der Waals surface area contributed by atoms with Crippen LogP contribution in [0.3, 0.4) is 0 Å². The Bertz CT molecular complexity index is 2000. The van der Waals surface area contributed by atoms with Gasteiger partial charge in [-0.3, -0.25) is 14.4 Å². The minimum Gasteiger partial charge on any atom is -0.496 e. The normalized spacial score (nSPS) is 11.6. The van der Waals surface area contributed by atoms with Crippen LogP contribution in [0.5, 0.6) is 17.2 Å². The molecule has 0 radical (unpaired) electrons. The molecule has 0 saturated carbocycles. The van der Waals surface area contributed by atoms with E-state index in [1.165, 1.54) is 39.2 Å². The molecule has 254 valence electrons. The van der Waals surface area contributed by atoms with Gasteiger partial charge in [-0.2, -0.15) is 0 Å². The number of ether oxygens (including phenoxy) is 3. The Hall–Kier alpha value is -6.00. The van der Waals surface area contributed by atoms with E-state index in [-0.39, 0.29) is 11.6 Å². The number of nitrogens with one attached hydrogen (secondary N) is 3. The van der Waals surface area contributed by atoms with Gasteiger partial charge < -0.3 is 30.2 Å². The maximum atomic E-state index is 13.9. The van der Waals surface area contributed by atoms with Crippen molar-refractivity contribution >= 4 is 46.9 Å². The number of para-hydroxylation sites is 1. The zero-order valence-corrected chi connectivity index (χ0v) is 28.9. The van der Waals surface area contributed by atoms with E-state index < -0.39 is 17.1 Å². The Balaban J connectivity index is 1.44. The summed E-state index contributed by atoms with van der Waals surface area (Å²) in [6.45, 7) is 1.94. The third kappa shape index (κ3) is 8.91. The predicted molar refractivity (Wildman–Crippen MR) is 198 cm³/mol. The molecule has 5 aromatic rings. The van der Waals surface area contributed by atoms with Gasteiger partial charge in [0.25, 0.3) is 11.8 Å². The van der Waals surface area contributed by atoms with Gasteiger partial charge in [0.05, 0.1) is 21.3 Å². The molecule has 0 fully saturated rings. The van der Waals surface area contributed by atoms with Gasteiger partial charge in [0.1, 0.15) is 16.7 Å². The van der Waals surface area contributed by atoms with Gasteiger partial charge in [-0.15, -0.1) is 11.8 Å². The van der Waals surface area contributed by atoms with Gasteiger partial charge in [-0.1, -0.05) is 72.8 Å². The van der Waals surface area contributed by atoms with Crippen LogP contribution in [0, 0.1) is 6.92 Å². The van der Waals surface area contributed by atoms with Crippen LogP contribution in [-0.2, 0) is 9.59 Å². The molecule has 9 nitrogen and oxygen atoms in total. The SMILES string of the molecule is COc1cc(OC)c(OC)cc1/C=C(/NC(=O)c1ccccc1)C(=O)Nc1cccc(SC(C(=O)Nc2ccccc2C)c2ccccc2)c1. The number of thioether (sulfide) groups is 1. The Morgan fingerprint density at radius 3 is 2.00 bits per heavy atom. The fraction of sp³-hybridized carbons (Fsp3) is 0.125. The first-order chi connectivity index (χ1) is 24.3. The number of carbonyl (C=O) groups excluding carboxylic acids is 3. The number of rotatable bonds is 13. The van der Waals surface area contributed by atoms with Gasteiger partial charge in [0.2, 0.25) is 5.91 Å². The molecule has 1 atom stereocenters. The summed E-state index contributed by atoms with van der Waals surface area (Å²) < 4.78 is 16.4. The van der Waals surface area contributed by atoms with Crippen LogP contribution in [0.25, 0.3) is 6.08 Å². The van der Waals surface area contributed by atoms with Crippen LogP contribution < -0.4 is 30.2 Å². The van der Waals surface area contributed by atoms with Crippen LogP contribution in [0.2, 0.25) is 0 Å². The Morgan fingerprint density at radius 2 is 1.32 bits per heavy atom. The van der Waals surface area contributed by atoms with E-state index >= 15 is 0 Å². The molecule has 0 aliphatic carbocycles. The maximum Gasteiger partial charge on any atom is 0.272 e. The van der Waals surface area contributed by atoms with Crippen molar-refractivity contribution in [3.63, 3.8) is 0 Å². The molecule has 0 spiro atoms. The summed E-state index contributed by atoms with van der Waals surface area (Å²) >= 11 is 1.36. The van der Waals surface area contributed by atoms with Gasteiger partial charge in [0, 0.05) is 33.5 Å². The molecule has 50 heavy (non-hydrogen) atoms. The third-order valence-electron chi connectivity index (χ3n) is 7.65. The highest BCUT2D eigenvalue weighted by atomic mass is 32.2. The van der Waals surface area contributed by atoms with Crippen molar-refractivity contribution in [2.45, 2.75) is 17.1 Å². The molecule has 5 rings (SSSR count). The number of aryl methyl sites for hydroxylation is 1.